The third-order valence-electron chi connectivity index (χ3n) is 1.81. The fourth-order valence-electron chi connectivity index (χ4n) is 1.12. The standard InChI is InChI=1S/C9H10ClNO4/c1-11-3-6(14)7-8(10)4(12)2-5(13)9(7)15/h2,11-13,15H,3H2,1H3. The number of likely N-dealkylation sites (N-methyl/N-ethyl adjacent to an activating group) is 1. The molecule has 0 radical (unpaired) electrons. The zero-order valence-corrected chi connectivity index (χ0v) is 8.67. The van der Waals surface area contributed by atoms with E-state index in [9.17, 15) is 20.1 Å². The van der Waals surface area contributed by atoms with Crippen LogP contribution in [0, 0.1) is 0 Å². The minimum Gasteiger partial charge on any atom is -0.506 e. The number of ketones is 1. The van der Waals surface area contributed by atoms with Gasteiger partial charge in [-0.2, -0.15) is 0 Å². The highest BCUT2D eigenvalue weighted by Crippen LogP contribution is 2.40. The van der Waals surface area contributed by atoms with Crippen molar-refractivity contribution in [3.8, 4) is 17.2 Å². The third-order valence-corrected chi connectivity index (χ3v) is 2.20. The second kappa shape index (κ2) is 4.37. The summed E-state index contributed by atoms with van der Waals surface area (Å²) in [4.78, 5) is 11.5. The molecule has 0 bridgehead atoms. The average Bonchev–Trinajstić information content (AvgIpc) is 2.16. The number of Topliss-reactive ketones (excluding diaryl/α,β-unsaturated/α-hetero) is 1. The van der Waals surface area contributed by atoms with E-state index in [4.69, 9.17) is 11.6 Å². The third kappa shape index (κ3) is 2.14. The minimum absolute atomic E-state index is 0.0594. The number of carbonyl (C=O) groups excluding carboxylic acids is 1. The van der Waals surface area contributed by atoms with Crippen molar-refractivity contribution in [2.45, 2.75) is 0 Å². The second-order valence-corrected chi connectivity index (χ2v) is 3.28. The smallest absolute Gasteiger partial charge is 0.182 e. The molecule has 0 aliphatic rings. The van der Waals surface area contributed by atoms with Crippen molar-refractivity contribution < 1.29 is 20.1 Å². The molecular formula is C9H10ClNO4. The van der Waals surface area contributed by atoms with Crippen LogP contribution in [0.4, 0.5) is 0 Å². The Morgan fingerprint density at radius 1 is 1.40 bits per heavy atom. The van der Waals surface area contributed by atoms with Gasteiger partial charge in [-0.1, -0.05) is 11.6 Å². The fraction of sp³-hybridized carbons (Fsp3) is 0.222. The molecule has 0 aromatic heterocycles. The molecule has 15 heavy (non-hydrogen) atoms. The Balaban J connectivity index is 3.32. The Morgan fingerprint density at radius 2 is 2.00 bits per heavy atom. The summed E-state index contributed by atoms with van der Waals surface area (Å²) in [5.74, 6) is -2.19. The van der Waals surface area contributed by atoms with Gasteiger partial charge < -0.3 is 20.6 Å². The maximum absolute atomic E-state index is 11.5. The van der Waals surface area contributed by atoms with Gasteiger partial charge in [0.05, 0.1) is 17.1 Å². The number of rotatable bonds is 3. The van der Waals surface area contributed by atoms with Crippen LogP contribution in [-0.2, 0) is 0 Å². The molecule has 0 saturated heterocycles. The first-order valence-corrected chi connectivity index (χ1v) is 4.48. The van der Waals surface area contributed by atoms with Crippen LogP contribution in [0.25, 0.3) is 0 Å². The van der Waals surface area contributed by atoms with Gasteiger partial charge in [-0.25, -0.2) is 0 Å². The number of halogens is 1. The van der Waals surface area contributed by atoms with Gasteiger partial charge in [0.15, 0.2) is 17.3 Å². The van der Waals surface area contributed by atoms with Gasteiger partial charge in [0.1, 0.15) is 5.75 Å². The first-order valence-electron chi connectivity index (χ1n) is 4.10. The van der Waals surface area contributed by atoms with E-state index in [0.717, 1.165) is 6.07 Å². The quantitative estimate of drug-likeness (QED) is 0.352. The maximum Gasteiger partial charge on any atom is 0.182 e. The molecule has 1 aromatic rings. The molecule has 1 rings (SSSR count). The highest BCUT2D eigenvalue weighted by atomic mass is 35.5. The van der Waals surface area contributed by atoms with Crippen LogP contribution >= 0.6 is 11.6 Å². The van der Waals surface area contributed by atoms with E-state index < -0.39 is 23.0 Å². The van der Waals surface area contributed by atoms with Crippen LogP contribution in [0.2, 0.25) is 5.02 Å². The molecule has 0 aliphatic carbocycles. The van der Waals surface area contributed by atoms with Crippen LogP contribution in [0.15, 0.2) is 6.07 Å². The summed E-state index contributed by atoms with van der Waals surface area (Å²) in [6.45, 7) is -0.0594. The van der Waals surface area contributed by atoms with Crippen molar-refractivity contribution >= 4 is 17.4 Å². The van der Waals surface area contributed by atoms with Crippen molar-refractivity contribution in [1.82, 2.24) is 5.32 Å². The molecule has 0 fully saturated rings. The van der Waals surface area contributed by atoms with Gasteiger partial charge in [0.25, 0.3) is 0 Å². The highest BCUT2D eigenvalue weighted by molar-refractivity contribution is 6.36. The lowest BCUT2D eigenvalue weighted by Gasteiger charge is -2.08. The Bertz CT molecular complexity index is 379. The van der Waals surface area contributed by atoms with Gasteiger partial charge in [0, 0.05) is 6.07 Å². The molecule has 0 unspecified atom stereocenters. The number of carbonyl (C=O) groups is 1. The molecule has 5 nitrogen and oxygen atoms in total. The van der Waals surface area contributed by atoms with E-state index in [1.54, 1.807) is 7.05 Å². The molecule has 0 heterocycles. The van der Waals surface area contributed by atoms with Crippen molar-refractivity contribution in [3.05, 3.63) is 16.7 Å². The molecule has 0 atom stereocenters. The number of hydrogen-bond donors (Lipinski definition) is 4. The number of phenolic OH excluding ortho intramolecular Hbond substituents is 3. The number of aromatic hydroxyl groups is 3. The van der Waals surface area contributed by atoms with Crippen LogP contribution < -0.4 is 5.32 Å². The lowest BCUT2D eigenvalue weighted by atomic mass is 10.1. The Labute approximate surface area is 90.9 Å². The first kappa shape index (κ1) is 11.6. The lowest BCUT2D eigenvalue weighted by Crippen LogP contribution is -2.19. The summed E-state index contributed by atoms with van der Waals surface area (Å²) >= 11 is 5.63. The summed E-state index contributed by atoms with van der Waals surface area (Å²) in [5.41, 5.74) is -0.288. The topological polar surface area (TPSA) is 89.8 Å². The van der Waals surface area contributed by atoms with Crippen LogP contribution in [-0.4, -0.2) is 34.7 Å². The number of hydrogen-bond acceptors (Lipinski definition) is 5. The van der Waals surface area contributed by atoms with E-state index in [2.05, 4.69) is 5.32 Å². The molecule has 0 amide bonds. The number of benzene rings is 1. The van der Waals surface area contributed by atoms with Crippen LogP contribution in [0.1, 0.15) is 10.4 Å². The maximum atomic E-state index is 11.5. The van der Waals surface area contributed by atoms with Crippen molar-refractivity contribution in [1.29, 1.82) is 0 Å². The summed E-state index contributed by atoms with van der Waals surface area (Å²) in [7, 11) is 1.55. The monoisotopic (exact) mass is 231 g/mol. The lowest BCUT2D eigenvalue weighted by molar-refractivity contribution is 0.0990. The molecule has 0 saturated carbocycles. The SMILES string of the molecule is CNCC(=O)c1c(O)c(O)cc(O)c1Cl. The van der Waals surface area contributed by atoms with Gasteiger partial charge in [-0.05, 0) is 7.05 Å². The van der Waals surface area contributed by atoms with E-state index in [-0.39, 0.29) is 17.1 Å². The van der Waals surface area contributed by atoms with Crippen LogP contribution in [0.5, 0.6) is 17.2 Å². The largest absolute Gasteiger partial charge is 0.506 e. The Kier molecular flexibility index (Phi) is 3.39. The summed E-state index contributed by atoms with van der Waals surface area (Å²) < 4.78 is 0. The number of phenols is 3. The van der Waals surface area contributed by atoms with Gasteiger partial charge >= 0.3 is 0 Å². The second-order valence-electron chi connectivity index (χ2n) is 2.91. The number of nitrogens with one attached hydrogen (secondary N) is 1. The van der Waals surface area contributed by atoms with Gasteiger partial charge in [-0.3, -0.25) is 4.79 Å². The zero-order chi connectivity index (χ0) is 11.6. The van der Waals surface area contributed by atoms with E-state index in [1.165, 1.54) is 0 Å². The summed E-state index contributed by atoms with van der Waals surface area (Å²) in [6, 6.07) is 0.869. The average molecular weight is 232 g/mol. The predicted octanol–water partition coefficient (Wildman–Crippen LogP) is 0.859. The first-order chi connectivity index (χ1) is 6.99. The van der Waals surface area contributed by atoms with Gasteiger partial charge in [-0.15, -0.1) is 0 Å². The van der Waals surface area contributed by atoms with Crippen molar-refractivity contribution in [2.75, 3.05) is 13.6 Å². The van der Waals surface area contributed by atoms with E-state index >= 15 is 0 Å². The van der Waals surface area contributed by atoms with E-state index in [1.807, 2.05) is 0 Å². The molecule has 1 aromatic carbocycles. The molecule has 0 spiro atoms. The molecule has 6 heteroatoms. The Morgan fingerprint density at radius 3 is 2.53 bits per heavy atom. The fourth-order valence-corrected chi connectivity index (χ4v) is 1.37. The minimum atomic E-state index is -0.627. The predicted molar refractivity (Wildman–Crippen MR) is 54.7 cm³/mol. The van der Waals surface area contributed by atoms with Crippen molar-refractivity contribution in [2.24, 2.45) is 0 Å². The normalized spacial score (nSPS) is 10.3. The summed E-state index contributed by atoms with van der Waals surface area (Å²) in [5, 5.41) is 30.1. The molecule has 82 valence electrons. The van der Waals surface area contributed by atoms with Crippen LogP contribution in [0.3, 0.4) is 0 Å². The van der Waals surface area contributed by atoms with Crippen molar-refractivity contribution in [3.63, 3.8) is 0 Å². The molecule has 4 N–H and O–H groups in total. The molecule has 0 aliphatic heterocycles. The Hall–Kier alpha value is -1.46. The van der Waals surface area contributed by atoms with E-state index in [0.29, 0.717) is 0 Å². The zero-order valence-electron chi connectivity index (χ0n) is 7.91. The van der Waals surface area contributed by atoms with Gasteiger partial charge in [0.2, 0.25) is 0 Å². The summed E-state index contributed by atoms with van der Waals surface area (Å²) in [6.07, 6.45) is 0. The molecular weight excluding hydrogens is 222 g/mol. The highest BCUT2D eigenvalue weighted by Gasteiger charge is 2.21.